The zero-order chi connectivity index (χ0) is 16.2. The average molecular weight is 324 g/mol. The number of hydrogen-bond donors (Lipinski definition) is 1. The van der Waals surface area contributed by atoms with E-state index in [0.717, 1.165) is 25.9 Å². The molecule has 0 aromatic carbocycles. The number of nitrogens with zero attached hydrogens (tertiary/aromatic N) is 1. The van der Waals surface area contributed by atoms with Crippen LogP contribution in [0.5, 0.6) is 0 Å². The highest BCUT2D eigenvalue weighted by atomic mass is 32.1. The van der Waals surface area contributed by atoms with Gasteiger partial charge in [-0.15, -0.1) is 11.3 Å². The van der Waals surface area contributed by atoms with Crippen LogP contribution in [0.4, 0.5) is 4.79 Å². The third-order valence-electron chi connectivity index (χ3n) is 3.88. The highest BCUT2D eigenvalue weighted by Gasteiger charge is 2.30. The van der Waals surface area contributed by atoms with Gasteiger partial charge in [-0.05, 0) is 58.4 Å². The van der Waals surface area contributed by atoms with Crippen molar-refractivity contribution in [2.24, 2.45) is 0 Å². The summed E-state index contributed by atoms with van der Waals surface area (Å²) in [6.07, 6.45) is 3.11. The highest BCUT2D eigenvalue weighted by Crippen LogP contribution is 2.22. The van der Waals surface area contributed by atoms with Gasteiger partial charge in [-0.3, -0.25) is 0 Å². The molecule has 2 atom stereocenters. The second kappa shape index (κ2) is 7.47. The van der Waals surface area contributed by atoms with Crippen LogP contribution in [0.25, 0.3) is 0 Å². The molecule has 1 saturated heterocycles. The van der Waals surface area contributed by atoms with E-state index in [1.165, 1.54) is 11.3 Å². The van der Waals surface area contributed by atoms with Gasteiger partial charge in [0, 0.05) is 30.1 Å². The number of thiophene rings is 1. The lowest BCUT2D eigenvalue weighted by Gasteiger charge is -2.37. The van der Waals surface area contributed by atoms with Crippen LogP contribution >= 0.6 is 11.3 Å². The maximum absolute atomic E-state index is 12.4. The Morgan fingerprint density at radius 1 is 1.50 bits per heavy atom. The van der Waals surface area contributed by atoms with Gasteiger partial charge in [0.25, 0.3) is 0 Å². The van der Waals surface area contributed by atoms with E-state index in [-0.39, 0.29) is 12.1 Å². The maximum Gasteiger partial charge on any atom is 0.410 e. The summed E-state index contributed by atoms with van der Waals surface area (Å²) < 4.78 is 5.55. The Balaban J connectivity index is 1.90. The number of likely N-dealkylation sites (tertiary alicyclic amines) is 1. The molecule has 1 fully saturated rings. The largest absolute Gasteiger partial charge is 0.444 e. The first-order chi connectivity index (χ1) is 10.4. The van der Waals surface area contributed by atoms with Crippen molar-refractivity contribution in [2.45, 2.75) is 64.6 Å². The first-order valence-electron chi connectivity index (χ1n) is 8.13. The van der Waals surface area contributed by atoms with Crippen LogP contribution in [-0.4, -0.2) is 35.7 Å². The van der Waals surface area contributed by atoms with Gasteiger partial charge in [0.05, 0.1) is 0 Å². The van der Waals surface area contributed by atoms with Gasteiger partial charge in [-0.2, -0.15) is 0 Å². The summed E-state index contributed by atoms with van der Waals surface area (Å²) >= 11 is 1.76. The van der Waals surface area contributed by atoms with Crippen molar-refractivity contribution in [3.05, 3.63) is 22.4 Å². The van der Waals surface area contributed by atoms with Gasteiger partial charge >= 0.3 is 6.09 Å². The quantitative estimate of drug-likeness (QED) is 0.903. The fraction of sp³-hybridized carbons (Fsp3) is 0.706. The molecule has 5 heteroatoms. The molecule has 1 aliphatic heterocycles. The van der Waals surface area contributed by atoms with Crippen molar-refractivity contribution in [2.75, 3.05) is 13.1 Å². The van der Waals surface area contributed by atoms with Crippen molar-refractivity contribution in [1.82, 2.24) is 10.2 Å². The van der Waals surface area contributed by atoms with Crippen LogP contribution in [0.15, 0.2) is 17.5 Å². The van der Waals surface area contributed by atoms with Gasteiger partial charge in [0.1, 0.15) is 5.60 Å². The standard InChI is InChI=1S/C17H28N2O2S/c1-13(15-9-7-11-22-15)18-12-14-8-5-6-10-19(14)16(20)21-17(2,3)4/h7,9,11,13-14,18H,5-6,8,10,12H2,1-4H3/t13-,14?/m0/s1. The number of rotatable bonds is 4. The molecule has 0 spiro atoms. The number of ether oxygens (including phenoxy) is 1. The topological polar surface area (TPSA) is 41.6 Å². The Kier molecular flexibility index (Phi) is 5.87. The molecule has 1 unspecified atom stereocenters. The van der Waals surface area contributed by atoms with Gasteiger partial charge in [0.2, 0.25) is 0 Å². The molecular weight excluding hydrogens is 296 g/mol. The highest BCUT2D eigenvalue weighted by molar-refractivity contribution is 7.10. The van der Waals surface area contributed by atoms with Crippen LogP contribution in [0.1, 0.15) is 57.9 Å². The van der Waals surface area contributed by atoms with Gasteiger partial charge < -0.3 is 15.0 Å². The minimum absolute atomic E-state index is 0.178. The summed E-state index contributed by atoms with van der Waals surface area (Å²) in [5.41, 5.74) is -0.434. The van der Waals surface area contributed by atoms with Crippen LogP contribution in [0, 0.1) is 0 Å². The van der Waals surface area contributed by atoms with Crippen LogP contribution < -0.4 is 5.32 Å². The second-order valence-electron chi connectivity index (χ2n) is 6.97. The van der Waals surface area contributed by atoms with Crippen molar-refractivity contribution in [3.8, 4) is 0 Å². The van der Waals surface area contributed by atoms with Crippen molar-refractivity contribution < 1.29 is 9.53 Å². The molecule has 124 valence electrons. The number of hydrogen-bond acceptors (Lipinski definition) is 4. The molecule has 0 saturated carbocycles. The number of carbonyl (C=O) groups is 1. The molecule has 1 amide bonds. The molecule has 0 aliphatic carbocycles. The monoisotopic (exact) mass is 324 g/mol. The molecule has 22 heavy (non-hydrogen) atoms. The van der Waals surface area contributed by atoms with Crippen molar-refractivity contribution in [1.29, 1.82) is 0 Å². The Morgan fingerprint density at radius 2 is 2.27 bits per heavy atom. The predicted octanol–water partition coefficient (Wildman–Crippen LogP) is 4.19. The van der Waals surface area contributed by atoms with E-state index < -0.39 is 5.60 Å². The van der Waals surface area contributed by atoms with Gasteiger partial charge in [-0.25, -0.2) is 4.79 Å². The van der Waals surface area contributed by atoms with E-state index in [0.29, 0.717) is 6.04 Å². The third-order valence-corrected chi connectivity index (χ3v) is 4.94. The lowest BCUT2D eigenvalue weighted by atomic mass is 10.0. The summed E-state index contributed by atoms with van der Waals surface area (Å²) in [7, 11) is 0. The van der Waals surface area contributed by atoms with Gasteiger partial charge in [0.15, 0.2) is 0 Å². The molecule has 1 aromatic heterocycles. The minimum atomic E-state index is -0.434. The zero-order valence-electron chi connectivity index (χ0n) is 14.1. The molecule has 2 heterocycles. The van der Waals surface area contributed by atoms with E-state index in [9.17, 15) is 4.79 Å². The van der Waals surface area contributed by atoms with Crippen LogP contribution in [0.3, 0.4) is 0 Å². The Hall–Kier alpha value is -1.07. The molecule has 2 rings (SSSR count). The molecule has 1 N–H and O–H groups in total. The Bertz CT molecular complexity index is 468. The minimum Gasteiger partial charge on any atom is -0.444 e. The number of amides is 1. The molecular formula is C17H28N2O2S. The maximum atomic E-state index is 12.4. The van der Waals surface area contributed by atoms with Crippen LogP contribution in [-0.2, 0) is 4.74 Å². The molecule has 1 aliphatic rings. The van der Waals surface area contributed by atoms with E-state index in [4.69, 9.17) is 4.74 Å². The second-order valence-corrected chi connectivity index (χ2v) is 7.95. The summed E-state index contributed by atoms with van der Waals surface area (Å²) in [6.45, 7) is 9.54. The van der Waals surface area contributed by atoms with Crippen molar-refractivity contribution >= 4 is 17.4 Å². The smallest absolute Gasteiger partial charge is 0.410 e. The van der Waals surface area contributed by atoms with E-state index in [1.807, 2.05) is 25.7 Å². The first-order valence-corrected chi connectivity index (χ1v) is 9.01. The summed E-state index contributed by atoms with van der Waals surface area (Å²) in [5.74, 6) is 0. The molecule has 1 aromatic rings. The number of carbonyl (C=O) groups excluding carboxylic acids is 1. The molecule has 4 nitrogen and oxygen atoms in total. The molecule has 0 radical (unpaired) electrons. The Morgan fingerprint density at radius 3 is 2.91 bits per heavy atom. The van der Waals surface area contributed by atoms with Gasteiger partial charge in [-0.1, -0.05) is 6.07 Å². The zero-order valence-corrected chi connectivity index (χ0v) is 14.9. The SMILES string of the molecule is C[C@H](NCC1CCCCN1C(=O)OC(C)(C)C)c1cccs1. The fourth-order valence-electron chi connectivity index (χ4n) is 2.72. The molecule has 0 bridgehead atoms. The normalized spacial score (nSPS) is 20.7. The lowest BCUT2D eigenvalue weighted by molar-refractivity contribution is 0.00971. The summed E-state index contributed by atoms with van der Waals surface area (Å²) in [5, 5.41) is 5.66. The first kappa shape index (κ1) is 17.3. The lowest BCUT2D eigenvalue weighted by Crippen LogP contribution is -2.50. The van der Waals surface area contributed by atoms with E-state index >= 15 is 0 Å². The summed E-state index contributed by atoms with van der Waals surface area (Å²) in [6, 6.07) is 4.77. The van der Waals surface area contributed by atoms with Crippen molar-refractivity contribution in [3.63, 3.8) is 0 Å². The third kappa shape index (κ3) is 4.99. The van der Waals surface area contributed by atoms with Crippen LogP contribution in [0.2, 0.25) is 0 Å². The predicted molar refractivity (Wildman–Crippen MR) is 91.3 cm³/mol. The number of piperidine rings is 1. The number of nitrogens with one attached hydrogen (secondary N) is 1. The van der Waals surface area contributed by atoms with E-state index in [1.54, 1.807) is 11.3 Å². The fourth-order valence-corrected chi connectivity index (χ4v) is 3.48. The van der Waals surface area contributed by atoms with E-state index in [2.05, 4.69) is 29.8 Å². The Labute approximate surface area is 137 Å². The summed E-state index contributed by atoms with van der Waals surface area (Å²) in [4.78, 5) is 15.6. The average Bonchev–Trinajstić information content (AvgIpc) is 2.97.